The molecule has 2 heterocycles. The molecule has 3 aromatic carbocycles. The molecule has 5 rings (SSSR count). The van der Waals surface area contributed by atoms with E-state index in [9.17, 15) is 14.4 Å². The summed E-state index contributed by atoms with van der Waals surface area (Å²) in [4.78, 5) is 41.9. The number of nitrogens with zero attached hydrogens (tertiary/aromatic N) is 2. The lowest BCUT2D eigenvalue weighted by molar-refractivity contribution is 0.0642. The second-order valence-corrected chi connectivity index (χ2v) is 8.37. The number of amides is 3. The minimum Gasteiger partial charge on any atom is -0.496 e. The molecule has 3 amide bonds. The third-order valence-corrected chi connectivity index (χ3v) is 6.35. The highest BCUT2D eigenvalue weighted by Gasteiger charge is 2.35. The highest BCUT2D eigenvalue weighted by Crippen LogP contribution is 2.28. The molecular weight excluding hydrogens is 428 g/mol. The third-order valence-electron chi connectivity index (χ3n) is 6.35. The van der Waals surface area contributed by atoms with Crippen molar-refractivity contribution in [3.63, 3.8) is 0 Å². The summed E-state index contributed by atoms with van der Waals surface area (Å²) in [5, 5.41) is 0. The molecule has 0 aromatic heterocycles. The summed E-state index contributed by atoms with van der Waals surface area (Å²) in [6.45, 7) is 1.20. The van der Waals surface area contributed by atoms with E-state index in [1.165, 1.54) is 23.1 Å². The van der Waals surface area contributed by atoms with Crippen molar-refractivity contribution in [1.29, 1.82) is 0 Å². The number of ether oxygens (including phenoxy) is 1. The Kier molecular flexibility index (Phi) is 5.72. The van der Waals surface area contributed by atoms with Gasteiger partial charge in [-0.15, -0.1) is 0 Å². The van der Waals surface area contributed by atoms with Crippen molar-refractivity contribution in [3.8, 4) is 5.75 Å². The Hall–Kier alpha value is -4.19. The summed E-state index contributed by atoms with van der Waals surface area (Å²) in [7, 11) is 1.53. The first-order chi connectivity index (χ1) is 16.6. The molecule has 0 spiro atoms. The fourth-order valence-corrected chi connectivity index (χ4v) is 4.52. The van der Waals surface area contributed by atoms with Gasteiger partial charge in [0.05, 0.1) is 30.3 Å². The predicted octanol–water partition coefficient (Wildman–Crippen LogP) is 4.42. The van der Waals surface area contributed by atoms with Gasteiger partial charge in [0.15, 0.2) is 0 Å². The van der Waals surface area contributed by atoms with E-state index in [-0.39, 0.29) is 24.3 Å². The SMILES string of the molecule is COc1ccc(CN2C(=O)c3ccccc3C2=O)cc1C(=O)N1CC=C(c2ccccc2)CC1. The molecule has 0 saturated heterocycles. The van der Waals surface area contributed by atoms with Gasteiger partial charge in [-0.2, -0.15) is 0 Å². The van der Waals surface area contributed by atoms with Crippen LogP contribution in [0.1, 0.15) is 48.6 Å². The standard InChI is InChI=1S/C28H24N2O4/c1-34-25-12-11-19(18-30-27(32)22-9-5-6-10-23(22)28(30)33)17-24(25)26(31)29-15-13-21(14-16-29)20-7-3-2-4-8-20/h2-13,17H,14-16,18H2,1H3. The third kappa shape index (κ3) is 3.88. The van der Waals surface area contributed by atoms with Crippen molar-refractivity contribution in [3.05, 3.63) is 107 Å². The molecule has 0 saturated carbocycles. The van der Waals surface area contributed by atoms with Crippen LogP contribution in [0.4, 0.5) is 0 Å². The Morgan fingerprint density at radius 1 is 0.912 bits per heavy atom. The molecule has 0 aliphatic carbocycles. The number of hydrogen-bond donors (Lipinski definition) is 0. The van der Waals surface area contributed by atoms with Crippen molar-refractivity contribution in [2.75, 3.05) is 20.2 Å². The van der Waals surface area contributed by atoms with E-state index in [1.807, 2.05) is 18.2 Å². The number of benzene rings is 3. The minimum absolute atomic E-state index is 0.0919. The number of methoxy groups -OCH3 is 1. The monoisotopic (exact) mass is 452 g/mol. The molecule has 2 aliphatic heterocycles. The van der Waals surface area contributed by atoms with Crippen molar-refractivity contribution in [2.45, 2.75) is 13.0 Å². The average Bonchev–Trinajstić information content (AvgIpc) is 3.14. The van der Waals surface area contributed by atoms with Gasteiger partial charge in [0, 0.05) is 13.1 Å². The second kappa shape index (κ2) is 8.98. The van der Waals surface area contributed by atoms with Crippen LogP contribution in [0.15, 0.2) is 78.9 Å². The van der Waals surface area contributed by atoms with Gasteiger partial charge in [0.25, 0.3) is 17.7 Å². The molecule has 0 radical (unpaired) electrons. The van der Waals surface area contributed by atoms with Crippen LogP contribution in [-0.4, -0.2) is 47.7 Å². The van der Waals surface area contributed by atoms with Gasteiger partial charge in [0.1, 0.15) is 5.75 Å². The van der Waals surface area contributed by atoms with Crippen LogP contribution in [-0.2, 0) is 6.54 Å². The van der Waals surface area contributed by atoms with E-state index >= 15 is 0 Å². The molecule has 0 bridgehead atoms. The maximum absolute atomic E-state index is 13.4. The van der Waals surface area contributed by atoms with Crippen molar-refractivity contribution in [1.82, 2.24) is 9.80 Å². The Morgan fingerprint density at radius 2 is 1.59 bits per heavy atom. The first-order valence-corrected chi connectivity index (χ1v) is 11.2. The Labute approximate surface area is 198 Å². The van der Waals surface area contributed by atoms with Crippen LogP contribution in [0, 0.1) is 0 Å². The highest BCUT2D eigenvalue weighted by molar-refractivity contribution is 6.21. The van der Waals surface area contributed by atoms with Crippen molar-refractivity contribution < 1.29 is 19.1 Å². The molecule has 170 valence electrons. The summed E-state index contributed by atoms with van der Waals surface area (Å²) in [6, 6.07) is 22.2. The molecule has 0 fully saturated rings. The number of carbonyl (C=O) groups is 3. The topological polar surface area (TPSA) is 66.9 Å². The smallest absolute Gasteiger partial charge is 0.261 e. The summed E-state index contributed by atoms with van der Waals surface area (Å²) >= 11 is 0. The Balaban J connectivity index is 1.36. The summed E-state index contributed by atoms with van der Waals surface area (Å²) in [5.74, 6) is -0.309. The van der Waals surface area contributed by atoms with Gasteiger partial charge in [0.2, 0.25) is 0 Å². The van der Waals surface area contributed by atoms with E-state index in [0.717, 1.165) is 6.42 Å². The lowest BCUT2D eigenvalue weighted by atomic mass is 9.99. The molecule has 6 nitrogen and oxygen atoms in total. The Morgan fingerprint density at radius 3 is 2.21 bits per heavy atom. The lowest BCUT2D eigenvalue weighted by Crippen LogP contribution is -2.35. The predicted molar refractivity (Wildman–Crippen MR) is 129 cm³/mol. The normalized spacial score (nSPS) is 15.3. The molecule has 6 heteroatoms. The van der Waals surface area contributed by atoms with E-state index in [4.69, 9.17) is 4.74 Å². The number of hydrogen-bond acceptors (Lipinski definition) is 4. The summed E-state index contributed by atoms with van der Waals surface area (Å²) in [6.07, 6.45) is 2.86. The van der Waals surface area contributed by atoms with E-state index in [1.54, 1.807) is 47.4 Å². The van der Waals surface area contributed by atoms with Crippen molar-refractivity contribution in [2.24, 2.45) is 0 Å². The quantitative estimate of drug-likeness (QED) is 0.538. The fraction of sp³-hybridized carbons (Fsp3) is 0.179. The summed E-state index contributed by atoms with van der Waals surface area (Å²) in [5.41, 5.74) is 4.34. The van der Waals surface area contributed by atoms with Crippen LogP contribution in [0.3, 0.4) is 0 Å². The number of fused-ring (bicyclic) bond motifs is 1. The van der Waals surface area contributed by atoms with Crippen LogP contribution in [0.25, 0.3) is 5.57 Å². The number of carbonyl (C=O) groups excluding carboxylic acids is 3. The molecule has 2 aliphatic rings. The number of imide groups is 1. The van der Waals surface area contributed by atoms with E-state index in [2.05, 4.69) is 18.2 Å². The molecule has 0 atom stereocenters. The molecular formula is C28H24N2O4. The second-order valence-electron chi connectivity index (χ2n) is 8.37. The van der Waals surface area contributed by atoms with Crippen LogP contribution in [0.2, 0.25) is 0 Å². The summed E-state index contributed by atoms with van der Waals surface area (Å²) < 4.78 is 5.46. The fourth-order valence-electron chi connectivity index (χ4n) is 4.52. The zero-order chi connectivity index (χ0) is 23.7. The largest absolute Gasteiger partial charge is 0.496 e. The first kappa shape index (κ1) is 21.6. The highest BCUT2D eigenvalue weighted by atomic mass is 16.5. The van der Waals surface area contributed by atoms with Gasteiger partial charge < -0.3 is 9.64 Å². The van der Waals surface area contributed by atoms with Crippen LogP contribution in [0.5, 0.6) is 5.75 Å². The molecule has 0 N–H and O–H groups in total. The first-order valence-electron chi connectivity index (χ1n) is 11.2. The van der Waals surface area contributed by atoms with Gasteiger partial charge in [-0.1, -0.05) is 54.6 Å². The Bertz CT molecular complexity index is 1280. The van der Waals surface area contributed by atoms with Crippen LogP contribution < -0.4 is 4.74 Å². The van der Waals surface area contributed by atoms with E-state index < -0.39 is 0 Å². The maximum Gasteiger partial charge on any atom is 0.261 e. The zero-order valence-corrected chi connectivity index (χ0v) is 18.9. The zero-order valence-electron chi connectivity index (χ0n) is 18.9. The number of rotatable bonds is 5. The van der Waals surface area contributed by atoms with Crippen molar-refractivity contribution >= 4 is 23.3 Å². The lowest BCUT2D eigenvalue weighted by Gasteiger charge is -2.27. The molecule has 3 aromatic rings. The van der Waals surface area contributed by atoms with Crippen LogP contribution >= 0.6 is 0 Å². The minimum atomic E-state index is -0.320. The average molecular weight is 453 g/mol. The maximum atomic E-state index is 13.4. The van der Waals surface area contributed by atoms with Gasteiger partial charge in [-0.25, -0.2) is 0 Å². The van der Waals surface area contributed by atoms with Gasteiger partial charge in [-0.05, 0) is 47.4 Å². The van der Waals surface area contributed by atoms with Gasteiger partial charge in [-0.3, -0.25) is 19.3 Å². The molecule has 0 unspecified atom stereocenters. The van der Waals surface area contributed by atoms with E-state index in [0.29, 0.717) is 41.1 Å². The van der Waals surface area contributed by atoms with Gasteiger partial charge >= 0.3 is 0 Å². The molecule has 34 heavy (non-hydrogen) atoms.